The van der Waals surface area contributed by atoms with Crippen LogP contribution in [0.2, 0.25) is 0 Å². The Morgan fingerprint density at radius 1 is 1.29 bits per heavy atom. The number of nitrogens with zero attached hydrogens (tertiary/aromatic N) is 2. The number of fused-ring (bicyclic) bond motifs is 1. The van der Waals surface area contributed by atoms with Crippen LogP contribution < -0.4 is 0 Å². The fourth-order valence-electron chi connectivity index (χ4n) is 1.70. The number of amides is 2. The number of aromatic nitrogens is 1. The van der Waals surface area contributed by atoms with Crippen LogP contribution in [0.4, 0.5) is 0 Å². The number of hydrogen-bond acceptors (Lipinski definition) is 4. The molecule has 2 rings (SSSR count). The van der Waals surface area contributed by atoms with Crippen molar-refractivity contribution in [3.8, 4) is 0 Å². The van der Waals surface area contributed by atoms with Crippen LogP contribution >= 0.6 is 0 Å². The van der Waals surface area contributed by atoms with E-state index in [1.54, 1.807) is 0 Å². The van der Waals surface area contributed by atoms with Gasteiger partial charge in [-0.25, -0.2) is 0 Å². The number of β-amino-alcohol motifs (C(OH)–C–C–N with tert-alkyl or cyclic N) is 1. The molecule has 2 heterocycles. The summed E-state index contributed by atoms with van der Waals surface area (Å²) in [5.41, 5.74) is 0.675. The summed E-state index contributed by atoms with van der Waals surface area (Å²) in [5.74, 6) is -0.734. The molecule has 0 aliphatic carbocycles. The number of aliphatic hydroxyl groups is 1. The smallest absolute Gasteiger partial charge is 0.263 e. The number of hydrogen-bond donors (Lipinski definition) is 1. The Balaban J connectivity index is 2.25. The molecule has 1 aliphatic rings. The van der Waals surface area contributed by atoms with Crippen LogP contribution in [0, 0.1) is 5.92 Å². The molecule has 5 nitrogen and oxygen atoms in total. The van der Waals surface area contributed by atoms with Crippen LogP contribution in [0.15, 0.2) is 18.5 Å². The predicted molar refractivity (Wildman–Crippen MR) is 60.4 cm³/mol. The van der Waals surface area contributed by atoms with E-state index in [0.717, 1.165) is 4.90 Å². The standard InChI is InChI=1S/C12H14N2O3/c1-7(2)10(15)6-14-11(16)8-3-4-13-5-9(8)12(14)17/h3-5,7,10,15H,6H2,1-2H3. The van der Waals surface area contributed by atoms with Gasteiger partial charge in [-0.3, -0.25) is 19.5 Å². The van der Waals surface area contributed by atoms with Gasteiger partial charge in [-0.05, 0) is 12.0 Å². The van der Waals surface area contributed by atoms with Gasteiger partial charge >= 0.3 is 0 Å². The van der Waals surface area contributed by atoms with Crippen molar-refractivity contribution in [2.45, 2.75) is 20.0 Å². The molecule has 0 fully saturated rings. The fourth-order valence-corrected chi connectivity index (χ4v) is 1.70. The highest BCUT2D eigenvalue weighted by Gasteiger charge is 2.36. The van der Waals surface area contributed by atoms with Crippen LogP contribution in [0.1, 0.15) is 34.6 Å². The maximum Gasteiger partial charge on any atom is 0.263 e. The number of rotatable bonds is 3. The Morgan fingerprint density at radius 3 is 2.53 bits per heavy atom. The predicted octanol–water partition coefficient (Wildman–Crippen LogP) is 0.695. The molecule has 0 bridgehead atoms. The summed E-state index contributed by atoms with van der Waals surface area (Å²) < 4.78 is 0. The van der Waals surface area contributed by atoms with Gasteiger partial charge in [0, 0.05) is 12.4 Å². The average Bonchev–Trinajstić information content (AvgIpc) is 2.55. The van der Waals surface area contributed by atoms with Gasteiger partial charge < -0.3 is 5.11 Å². The zero-order valence-electron chi connectivity index (χ0n) is 9.75. The van der Waals surface area contributed by atoms with Crippen molar-refractivity contribution in [1.29, 1.82) is 0 Å². The second-order valence-corrected chi connectivity index (χ2v) is 4.45. The number of pyridine rings is 1. The lowest BCUT2D eigenvalue weighted by molar-refractivity contribution is 0.0471. The summed E-state index contributed by atoms with van der Waals surface area (Å²) in [6.07, 6.45) is 2.16. The van der Waals surface area contributed by atoms with Crippen LogP contribution in [0.25, 0.3) is 0 Å². The van der Waals surface area contributed by atoms with Crippen molar-refractivity contribution in [1.82, 2.24) is 9.88 Å². The molecule has 1 atom stereocenters. The molecule has 1 N–H and O–H groups in total. The Hall–Kier alpha value is -1.75. The van der Waals surface area contributed by atoms with Crippen molar-refractivity contribution < 1.29 is 14.7 Å². The van der Waals surface area contributed by atoms with E-state index in [0.29, 0.717) is 11.1 Å². The van der Waals surface area contributed by atoms with Gasteiger partial charge in [0.25, 0.3) is 11.8 Å². The zero-order valence-corrected chi connectivity index (χ0v) is 9.75. The van der Waals surface area contributed by atoms with E-state index < -0.39 is 6.10 Å². The summed E-state index contributed by atoms with van der Waals surface area (Å²) in [6.45, 7) is 3.71. The van der Waals surface area contributed by atoms with E-state index in [9.17, 15) is 14.7 Å². The fraction of sp³-hybridized carbons (Fsp3) is 0.417. The summed E-state index contributed by atoms with van der Waals surface area (Å²) >= 11 is 0. The van der Waals surface area contributed by atoms with Gasteiger partial charge in [0.2, 0.25) is 0 Å². The Morgan fingerprint density at radius 2 is 1.94 bits per heavy atom. The van der Waals surface area contributed by atoms with E-state index >= 15 is 0 Å². The van der Waals surface area contributed by atoms with Crippen LogP contribution in [0.5, 0.6) is 0 Å². The van der Waals surface area contributed by atoms with E-state index in [1.807, 2.05) is 13.8 Å². The monoisotopic (exact) mass is 234 g/mol. The molecular formula is C12H14N2O3. The molecule has 0 aromatic carbocycles. The molecule has 1 aromatic heterocycles. The quantitative estimate of drug-likeness (QED) is 0.781. The van der Waals surface area contributed by atoms with E-state index in [4.69, 9.17) is 0 Å². The number of carbonyl (C=O) groups excluding carboxylic acids is 2. The molecule has 1 aliphatic heterocycles. The maximum absolute atomic E-state index is 11.9. The molecule has 90 valence electrons. The largest absolute Gasteiger partial charge is 0.391 e. The Kier molecular flexibility index (Phi) is 2.93. The summed E-state index contributed by atoms with van der Waals surface area (Å²) in [4.78, 5) is 28.8. The topological polar surface area (TPSA) is 70.5 Å². The van der Waals surface area contributed by atoms with Gasteiger partial charge in [-0.15, -0.1) is 0 Å². The first kappa shape index (κ1) is 11.7. The van der Waals surface area contributed by atoms with Gasteiger partial charge in [-0.2, -0.15) is 0 Å². The molecule has 5 heteroatoms. The first-order valence-corrected chi connectivity index (χ1v) is 5.50. The lowest BCUT2D eigenvalue weighted by Crippen LogP contribution is -2.38. The molecule has 0 saturated carbocycles. The molecule has 2 amide bonds. The first-order valence-electron chi connectivity index (χ1n) is 5.50. The van der Waals surface area contributed by atoms with E-state index in [-0.39, 0.29) is 24.3 Å². The number of imide groups is 1. The SMILES string of the molecule is CC(C)C(O)CN1C(=O)c2ccncc2C1=O. The second kappa shape index (κ2) is 4.25. The second-order valence-electron chi connectivity index (χ2n) is 4.45. The zero-order chi connectivity index (χ0) is 12.6. The summed E-state index contributed by atoms with van der Waals surface area (Å²) in [7, 11) is 0. The van der Waals surface area contributed by atoms with Gasteiger partial charge in [0.1, 0.15) is 0 Å². The Labute approximate surface area is 99.1 Å². The molecule has 0 spiro atoms. The van der Waals surface area contributed by atoms with Crippen molar-refractivity contribution >= 4 is 11.8 Å². The third-order valence-corrected chi connectivity index (χ3v) is 2.91. The maximum atomic E-state index is 11.9. The number of carbonyl (C=O) groups is 2. The summed E-state index contributed by atoms with van der Waals surface area (Å²) in [5, 5.41) is 9.74. The van der Waals surface area contributed by atoms with Crippen LogP contribution in [0.3, 0.4) is 0 Å². The third kappa shape index (κ3) is 1.93. The van der Waals surface area contributed by atoms with Crippen molar-refractivity contribution in [3.63, 3.8) is 0 Å². The minimum absolute atomic E-state index is 0.00237. The van der Waals surface area contributed by atoms with Gasteiger partial charge in [0.15, 0.2) is 0 Å². The molecule has 1 unspecified atom stereocenters. The molecule has 17 heavy (non-hydrogen) atoms. The number of aliphatic hydroxyl groups excluding tert-OH is 1. The highest BCUT2D eigenvalue weighted by molar-refractivity contribution is 6.21. The Bertz CT molecular complexity index is 436. The normalized spacial score (nSPS) is 16.6. The molecule has 0 radical (unpaired) electrons. The van der Waals surface area contributed by atoms with Crippen molar-refractivity contribution in [3.05, 3.63) is 29.6 Å². The van der Waals surface area contributed by atoms with Gasteiger partial charge in [-0.1, -0.05) is 13.8 Å². The minimum atomic E-state index is -0.704. The first-order chi connectivity index (χ1) is 8.02. The summed E-state index contributed by atoms with van der Waals surface area (Å²) in [6, 6.07) is 1.53. The molecular weight excluding hydrogens is 220 g/mol. The third-order valence-electron chi connectivity index (χ3n) is 2.91. The average molecular weight is 234 g/mol. The lowest BCUT2D eigenvalue weighted by atomic mass is 10.1. The minimum Gasteiger partial charge on any atom is -0.391 e. The van der Waals surface area contributed by atoms with Crippen molar-refractivity contribution in [2.75, 3.05) is 6.54 Å². The molecule has 1 aromatic rings. The highest BCUT2D eigenvalue weighted by Crippen LogP contribution is 2.22. The van der Waals surface area contributed by atoms with Gasteiger partial charge in [0.05, 0.1) is 23.8 Å². The molecule has 0 saturated heterocycles. The van der Waals surface area contributed by atoms with E-state index in [1.165, 1.54) is 18.5 Å². The van der Waals surface area contributed by atoms with E-state index in [2.05, 4.69) is 4.98 Å². The van der Waals surface area contributed by atoms with Crippen molar-refractivity contribution in [2.24, 2.45) is 5.92 Å². The van der Waals surface area contributed by atoms with Crippen LogP contribution in [-0.4, -0.2) is 39.5 Å². The highest BCUT2D eigenvalue weighted by atomic mass is 16.3. The van der Waals surface area contributed by atoms with Crippen LogP contribution in [-0.2, 0) is 0 Å². The lowest BCUT2D eigenvalue weighted by Gasteiger charge is -2.20.